The van der Waals surface area contributed by atoms with Crippen LogP contribution in [0, 0.1) is 17.0 Å². The molecule has 0 bridgehead atoms. The molecule has 1 saturated carbocycles. The standard InChI is InChI=1S/C27H36N4O7S/c1-19-10-8-9-11-21(19)17-29(20(2)27(33)28-22-12-6-5-7-13-22)26(32)18-30(39(4,36)37)24-16-23(31(34)35)14-15-25(24)38-3/h8-11,14-16,20,22H,5-7,12-13,17-18H2,1-4H3,(H,28,33)/t20-/m0/s1. The second-order valence-electron chi connectivity index (χ2n) is 9.85. The summed E-state index contributed by atoms with van der Waals surface area (Å²) in [5.41, 5.74) is 1.22. The van der Waals surface area contributed by atoms with Gasteiger partial charge in [0, 0.05) is 24.7 Å². The van der Waals surface area contributed by atoms with Gasteiger partial charge in [-0.05, 0) is 43.9 Å². The van der Waals surface area contributed by atoms with Crippen LogP contribution in [0.5, 0.6) is 5.75 Å². The Labute approximate surface area is 229 Å². The van der Waals surface area contributed by atoms with Crippen molar-refractivity contribution in [2.75, 3.05) is 24.2 Å². The van der Waals surface area contributed by atoms with Crippen LogP contribution < -0.4 is 14.4 Å². The minimum absolute atomic E-state index is 0.0331. The summed E-state index contributed by atoms with van der Waals surface area (Å²) < 4.78 is 31.8. The highest BCUT2D eigenvalue weighted by Gasteiger charge is 2.33. The van der Waals surface area contributed by atoms with Crippen LogP contribution in [0.15, 0.2) is 42.5 Å². The lowest BCUT2D eigenvalue weighted by Crippen LogP contribution is -2.53. The average molecular weight is 561 g/mol. The van der Waals surface area contributed by atoms with Gasteiger partial charge in [-0.3, -0.25) is 24.0 Å². The maximum Gasteiger partial charge on any atom is 0.271 e. The highest BCUT2D eigenvalue weighted by molar-refractivity contribution is 7.92. The zero-order chi connectivity index (χ0) is 28.7. The molecule has 0 aliphatic heterocycles. The fourth-order valence-electron chi connectivity index (χ4n) is 4.70. The molecule has 0 saturated heterocycles. The average Bonchev–Trinajstić information content (AvgIpc) is 2.90. The molecule has 3 rings (SSSR count). The van der Waals surface area contributed by atoms with E-state index >= 15 is 0 Å². The minimum Gasteiger partial charge on any atom is -0.495 e. The molecule has 1 aliphatic rings. The number of sulfonamides is 1. The molecule has 0 aromatic heterocycles. The Morgan fingerprint density at radius 3 is 2.41 bits per heavy atom. The van der Waals surface area contributed by atoms with Crippen LogP contribution in [0.3, 0.4) is 0 Å². The molecule has 212 valence electrons. The number of carbonyl (C=O) groups excluding carboxylic acids is 2. The van der Waals surface area contributed by atoms with E-state index in [9.17, 15) is 28.1 Å². The first-order valence-corrected chi connectivity index (χ1v) is 14.7. The summed E-state index contributed by atoms with van der Waals surface area (Å²) in [5, 5.41) is 14.4. The summed E-state index contributed by atoms with van der Waals surface area (Å²) in [5.74, 6) is -0.904. The predicted octanol–water partition coefficient (Wildman–Crippen LogP) is 3.54. The predicted molar refractivity (Wildman–Crippen MR) is 148 cm³/mol. The lowest BCUT2D eigenvalue weighted by Gasteiger charge is -2.33. The first kappa shape index (κ1) is 29.9. The Morgan fingerprint density at radius 2 is 1.82 bits per heavy atom. The largest absolute Gasteiger partial charge is 0.495 e. The zero-order valence-electron chi connectivity index (χ0n) is 22.8. The van der Waals surface area contributed by atoms with E-state index in [2.05, 4.69) is 5.32 Å². The van der Waals surface area contributed by atoms with Gasteiger partial charge in [0.1, 0.15) is 24.0 Å². The SMILES string of the molecule is COc1ccc([N+](=O)[O-])cc1N(CC(=O)N(Cc1ccccc1C)[C@@H](C)C(=O)NC1CCCCC1)S(C)(=O)=O. The summed E-state index contributed by atoms with van der Waals surface area (Å²) in [6.45, 7) is 2.91. The van der Waals surface area contributed by atoms with Gasteiger partial charge in [-0.15, -0.1) is 0 Å². The fraction of sp³-hybridized carbons (Fsp3) is 0.481. The number of benzene rings is 2. The van der Waals surface area contributed by atoms with Crippen molar-refractivity contribution in [3.63, 3.8) is 0 Å². The molecule has 12 heteroatoms. The molecule has 0 unspecified atom stereocenters. The van der Waals surface area contributed by atoms with Crippen LogP contribution in [-0.4, -0.2) is 62.0 Å². The number of nitro groups is 1. The van der Waals surface area contributed by atoms with E-state index in [-0.39, 0.29) is 35.6 Å². The molecule has 2 aromatic carbocycles. The molecule has 2 aromatic rings. The summed E-state index contributed by atoms with van der Waals surface area (Å²) in [7, 11) is -2.79. The van der Waals surface area contributed by atoms with E-state index in [0.717, 1.165) is 59.9 Å². The lowest BCUT2D eigenvalue weighted by atomic mass is 9.95. The van der Waals surface area contributed by atoms with Gasteiger partial charge < -0.3 is 15.0 Å². The summed E-state index contributed by atoms with van der Waals surface area (Å²) in [6.07, 6.45) is 5.84. The summed E-state index contributed by atoms with van der Waals surface area (Å²) >= 11 is 0. The number of anilines is 1. The molecule has 1 atom stereocenters. The van der Waals surface area contributed by atoms with E-state index in [4.69, 9.17) is 4.74 Å². The van der Waals surface area contributed by atoms with Crippen LogP contribution in [0.4, 0.5) is 11.4 Å². The Morgan fingerprint density at radius 1 is 1.15 bits per heavy atom. The smallest absolute Gasteiger partial charge is 0.271 e. The Hall–Kier alpha value is -3.67. The molecule has 11 nitrogen and oxygen atoms in total. The van der Waals surface area contributed by atoms with E-state index in [1.54, 1.807) is 6.92 Å². The Bertz CT molecular complexity index is 1310. The van der Waals surface area contributed by atoms with Crippen molar-refractivity contribution in [3.8, 4) is 5.75 Å². The molecule has 2 amide bonds. The van der Waals surface area contributed by atoms with Gasteiger partial charge >= 0.3 is 0 Å². The molecule has 39 heavy (non-hydrogen) atoms. The van der Waals surface area contributed by atoms with Crippen molar-refractivity contribution >= 4 is 33.2 Å². The van der Waals surface area contributed by atoms with E-state index in [1.807, 2.05) is 31.2 Å². The van der Waals surface area contributed by atoms with Crippen molar-refractivity contribution in [2.24, 2.45) is 0 Å². The third-order valence-electron chi connectivity index (χ3n) is 7.04. The van der Waals surface area contributed by atoms with Gasteiger partial charge in [0.15, 0.2) is 0 Å². The summed E-state index contributed by atoms with van der Waals surface area (Å²) in [4.78, 5) is 39.2. The molecule has 1 N–H and O–H groups in total. The quantitative estimate of drug-likeness (QED) is 0.328. The van der Waals surface area contributed by atoms with Crippen LogP contribution >= 0.6 is 0 Å². The van der Waals surface area contributed by atoms with Crippen LogP contribution in [0.1, 0.15) is 50.2 Å². The molecular formula is C27H36N4O7S. The molecular weight excluding hydrogens is 524 g/mol. The number of carbonyl (C=O) groups is 2. The van der Waals surface area contributed by atoms with Gasteiger partial charge in [0.25, 0.3) is 5.69 Å². The first-order chi connectivity index (χ1) is 18.4. The monoisotopic (exact) mass is 560 g/mol. The molecule has 0 spiro atoms. The van der Waals surface area contributed by atoms with Crippen molar-refractivity contribution in [2.45, 2.75) is 64.6 Å². The molecule has 1 fully saturated rings. The fourth-order valence-corrected chi connectivity index (χ4v) is 5.55. The number of methoxy groups -OCH3 is 1. The van der Waals surface area contributed by atoms with Crippen molar-refractivity contribution in [1.82, 2.24) is 10.2 Å². The van der Waals surface area contributed by atoms with Crippen LogP contribution in [-0.2, 0) is 26.2 Å². The molecule has 0 radical (unpaired) electrons. The Kier molecular flexibility index (Phi) is 9.90. The molecule has 0 heterocycles. The number of ether oxygens (including phenoxy) is 1. The number of rotatable bonds is 11. The number of nitro benzene ring substituents is 1. The maximum atomic E-state index is 13.8. The zero-order valence-corrected chi connectivity index (χ0v) is 23.6. The van der Waals surface area contributed by atoms with Gasteiger partial charge in [0.2, 0.25) is 21.8 Å². The number of nitrogens with zero attached hydrogens (tertiary/aromatic N) is 3. The number of aryl methyl sites for hydroxylation is 1. The molecule has 1 aliphatic carbocycles. The number of non-ortho nitro benzene ring substituents is 1. The van der Waals surface area contributed by atoms with Gasteiger partial charge in [0.05, 0.1) is 18.3 Å². The normalized spacial score (nSPS) is 14.8. The second kappa shape index (κ2) is 12.9. The lowest BCUT2D eigenvalue weighted by molar-refractivity contribution is -0.384. The van der Waals surface area contributed by atoms with E-state index < -0.39 is 33.4 Å². The highest BCUT2D eigenvalue weighted by atomic mass is 32.2. The van der Waals surface area contributed by atoms with E-state index in [1.165, 1.54) is 24.1 Å². The van der Waals surface area contributed by atoms with Gasteiger partial charge in [-0.1, -0.05) is 43.5 Å². The Balaban J connectivity index is 1.97. The number of hydrogen-bond donors (Lipinski definition) is 1. The summed E-state index contributed by atoms with van der Waals surface area (Å²) in [6, 6.07) is 10.1. The van der Waals surface area contributed by atoms with Crippen molar-refractivity contribution < 1.29 is 27.7 Å². The van der Waals surface area contributed by atoms with Crippen molar-refractivity contribution in [1.29, 1.82) is 0 Å². The van der Waals surface area contributed by atoms with Gasteiger partial charge in [-0.2, -0.15) is 0 Å². The number of hydrogen-bond acceptors (Lipinski definition) is 7. The number of nitrogens with one attached hydrogen (secondary N) is 1. The van der Waals surface area contributed by atoms with Gasteiger partial charge in [-0.25, -0.2) is 8.42 Å². The number of amides is 2. The van der Waals surface area contributed by atoms with Crippen LogP contribution in [0.25, 0.3) is 0 Å². The minimum atomic E-state index is -4.09. The van der Waals surface area contributed by atoms with Crippen LogP contribution in [0.2, 0.25) is 0 Å². The maximum absolute atomic E-state index is 13.8. The second-order valence-corrected chi connectivity index (χ2v) is 11.8. The first-order valence-electron chi connectivity index (χ1n) is 12.9. The third kappa shape index (κ3) is 7.69. The third-order valence-corrected chi connectivity index (χ3v) is 8.17. The topological polar surface area (TPSA) is 139 Å². The highest BCUT2D eigenvalue weighted by Crippen LogP contribution is 2.34. The van der Waals surface area contributed by atoms with Crippen molar-refractivity contribution in [3.05, 3.63) is 63.7 Å². The van der Waals surface area contributed by atoms with E-state index in [0.29, 0.717) is 0 Å².